The number of benzene rings is 2. The minimum Gasteiger partial charge on any atom is -0.338 e. The number of halogens is 3. The van der Waals surface area contributed by atoms with Gasteiger partial charge in [0.1, 0.15) is 0 Å². The fraction of sp³-hybridized carbons (Fsp3) is 0.250. The Labute approximate surface area is 121 Å². The van der Waals surface area contributed by atoms with Crippen LogP contribution in [0.5, 0.6) is 0 Å². The van der Waals surface area contributed by atoms with Crippen LogP contribution < -0.4 is 10.6 Å². The van der Waals surface area contributed by atoms with Gasteiger partial charge in [-0.15, -0.1) is 0 Å². The fourth-order valence-electron chi connectivity index (χ4n) is 2.75. The van der Waals surface area contributed by atoms with Gasteiger partial charge < -0.3 is 10.6 Å². The van der Waals surface area contributed by atoms with Gasteiger partial charge in [-0.2, -0.15) is 13.2 Å². The van der Waals surface area contributed by atoms with Crippen molar-refractivity contribution in [1.82, 2.24) is 0 Å². The topological polar surface area (TPSA) is 30.9 Å². The van der Waals surface area contributed by atoms with E-state index in [1.54, 1.807) is 6.07 Å². The van der Waals surface area contributed by atoms with E-state index in [-0.39, 0.29) is 6.17 Å². The molecule has 2 aromatic rings. The largest absolute Gasteiger partial charge is 0.416 e. The van der Waals surface area contributed by atoms with Crippen molar-refractivity contribution < 1.29 is 18.9 Å². The van der Waals surface area contributed by atoms with E-state index >= 15 is 0 Å². The number of fused-ring (bicyclic) bond motifs is 1. The van der Waals surface area contributed by atoms with Crippen LogP contribution in [-0.4, -0.2) is 6.17 Å². The minimum absolute atomic E-state index is 0.0663. The first-order chi connectivity index (χ1) is 9.95. The highest BCUT2D eigenvalue weighted by Gasteiger charge is 2.32. The third-order valence-electron chi connectivity index (χ3n) is 3.86. The second-order valence-electron chi connectivity index (χ2n) is 5.30. The molecule has 3 N–H and O–H groups in total. The van der Waals surface area contributed by atoms with Crippen molar-refractivity contribution in [3.8, 4) is 0 Å². The zero-order valence-corrected chi connectivity index (χ0v) is 11.4. The second-order valence-corrected chi connectivity index (χ2v) is 5.30. The van der Waals surface area contributed by atoms with Gasteiger partial charge in [-0.25, -0.2) is 0 Å². The number of hydrogen-bond donors (Lipinski definition) is 1. The molecule has 0 amide bonds. The maximum absolute atomic E-state index is 12.8. The molecule has 0 unspecified atom stereocenters. The Kier molecular flexibility index (Phi) is 3.37. The maximum atomic E-state index is 12.8. The van der Waals surface area contributed by atoms with Crippen LogP contribution in [0.3, 0.4) is 0 Å². The summed E-state index contributed by atoms with van der Waals surface area (Å²) < 4.78 is 38.5. The van der Waals surface area contributed by atoms with Crippen molar-refractivity contribution in [2.45, 2.75) is 25.3 Å². The van der Waals surface area contributed by atoms with E-state index in [9.17, 15) is 13.2 Å². The Bertz CT molecular complexity index is 652. The van der Waals surface area contributed by atoms with Gasteiger partial charge >= 0.3 is 6.18 Å². The first-order valence-corrected chi connectivity index (χ1v) is 6.79. The Hall–Kier alpha value is -2.01. The van der Waals surface area contributed by atoms with Gasteiger partial charge in [0.2, 0.25) is 0 Å². The molecule has 0 aromatic heterocycles. The summed E-state index contributed by atoms with van der Waals surface area (Å²) >= 11 is 0. The number of hydrogen-bond acceptors (Lipinski definition) is 1. The van der Waals surface area contributed by atoms with Crippen molar-refractivity contribution in [3.63, 3.8) is 0 Å². The van der Waals surface area contributed by atoms with E-state index in [0.29, 0.717) is 12.2 Å². The molecule has 0 bridgehead atoms. The second kappa shape index (κ2) is 5.07. The molecule has 1 aliphatic heterocycles. The Balaban J connectivity index is 1.94. The summed E-state index contributed by atoms with van der Waals surface area (Å²) in [5, 5.41) is 0. The molecule has 1 heterocycles. The maximum Gasteiger partial charge on any atom is 0.416 e. The first kappa shape index (κ1) is 13.9. The van der Waals surface area contributed by atoms with Crippen LogP contribution in [0.25, 0.3) is 0 Å². The lowest BCUT2D eigenvalue weighted by atomic mass is 9.97. The predicted octanol–water partition coefficient (Wildman–Crippen LogP) is 2.84. The van der Waals surface area contributed by atoms with E-state index in [1.807, 2.05) is 23.1 Å². The molecule has 0 spiro atoms. The van der Waals surface area contributed by atoms with Gasteiger partial charge in [0.05, 0.1) is 5.56 Å². The van der Waals surface area contributed by atoms with Crippen LogP contribution >= 0.6 is 0 Å². The first-order valence-electron chi connectivity index (χ1n) is 6.79. The molecule has 1 atom stereocenters. The van der Waals surface area contributed by atoms with E-state index in [1.165, 1.54) is 17.7 Å². The lowest BCUT2D eigenvalue weighted by molar-refractivity contribution is -0.420. The minimum atomic E-state index is -4.32. The van der Waals surface area contributed by atoms with Gasteiger partial charge in [-0.3, -0.25) is 0 Å². The molecule has 0 saturated heterocycles. The molecular formula is C16H16F3N2+. The number of alkyl halides is 3. The predicted molar refractivity (Wildman–Crippen MR) is 74.4 cm³/mol. The van der Waals surface area contributed by atoms with Gasteiger partial charge in [0, 0.05) is 18.7 Å². The molecular weight excluding hydrogens is 277 g/mol. The molecule has 21 heavy (non-hydrogen) atoms. The third-order valence-corrected chi connectivity index (χ3v) is 3.86. The van der Waals surface area contributed by atoms with Gasteiger partial charge in [0.15, 0.2) is 6.17 Å². The highest BCUT2D eigenvalue weighted by Crippen LogP contribution is 2.33. The molecule has 3 rings (SSSR count). The zero-order valence-electron chi connectivity index (χ0n) is 11.4. The number of nitrogens with zero attached hydrogens (tertiary/aromatic N) is 1. The SMILES string of the molecule is [NH3+][C@H]1Cc2ccccc2CN1c1cccc(C(F)(F)F)c1. The van der Waals surface area contributed by atoms with Crippen LogP contribution in [0, 0.1) is 0 Å². The molecule has 0 radical (unpaired) electrons. The average Bonchev–Trinajstić information content (AvgIpc) is 2.46. The van der Waals surface area contributed by atoms with Crippen LogP contribution in [0.15, 0.2) is 48.5 Å². The van der Waals surface area contributed by atoms with E-state index in [2.05, 4.69) is 11.8 Å². The lowest BCUT2D eigenvalue weighted by Gasteiger charge is -2.34. The molecule has 1 aliphatic rings. The van der Waals surface area contributed by atoms with E-state index in [4.69, 9.17) is 0 Å². The summed E-state index contributed by atoms with van der Waals surface area (Å²) in [6.07, 6.45) is -3.64. The smallest absolute Gasteiger partial charge is 0.338 e. The van der Waals surface area contributed by atoms with Crippen molar-refractivity contribution in [2.24, 2.45) is 0 Å². The number of quaternary nitrogens is 1. The molecule has 0 saturated carbocycles. The van der Waals surface area contributed by atoms with E-state index < -0.39 is 11.7 Å². The van der Waals surface area contributed by atoms with Gasteiger partial charge in [-0.05, 0) is 29.3 Å². The Morgan fingerprint density at radius 3 is 2.43 bits per heavy atom. The van der Waals surface area contributed by atoms with Crippen LogP contribution in [0.2, 0.25) is 0 Å². The highest BCUT2D eigenvalue weighted by molar-refractivity contribution is 5.52. The molecule has 0 aliphatic carbocycles. The van der Waals surface area contributed by atoms with Gasteiger partial charge in [0.25, 0.3) is 0 Å². The fourth-order valence-corrected chi connectivity index (χ4v) is 2.75. The summed E-state index contributed by atoms with van der Waals surface area (Å²) in [7, 11) is 0. The van der Waals surface area contributed by atoms with Crippen molar-refractivity contribution in [3.05, 3.63) is 65.2 Å². The summed E-state index contributed by atoms with van der Waals surface area (Å²) in [5.74, 6) is 0. The van der Waals surface area contributed by atoms with Crippen molar-refractivity contribution in [1.29, 1.82) is 0 Å². The normalized spacial score (nSPS) is 18.5. The quantitative estimate of drug-likeness (QED) is 0.861. The van der Waals surface area contributed by atoms with E-state index in [0.717, 1.165) is 18.1 Å². The molecule has 110 valence electrons. The summed E-state index contributed by atoms with van der Waals surface area (Å²) in [6, 6.07) is 13.5. The molecule has 2 nitrogen and oxygen atoms in total. The van der Waals surface area contributed by atoms with Crippen molar-refractivity contribution >= 4 is 5.69 Å². The average molecular weight is 293 g/mol. The van der Waals surface area contributed by atoms with Crippen molar-refractivity contribution in [2.75, 3.05) is 4.90 Å². The van der Waals surface area contributed by atoms with Crippen LogP contribution in [0.4, 0.5) is 18.9 Å². The highest BCUT2D eigenvalue weighted by atomic mass is 19.4. The number of anilines is 1. The lowest BCUT2D eigenvalue weighted by Crippen LogP contribution is -2.71. The van der Waals surface area contributed by atoms with Crippen LogP contribution in [0.1, 0.15) is 16.7 Å². The Morgan fingerprint density at radius 2 is 1.71 bits per heavy atom. The zero-order chi connectivity index (χ0) is 15.0. The number of rotatable bonds is 1. The third kappa shape index (κ3) is 2.74. The van der Waals surface area contributed by atoms with Crippen LogP contribution in [-0.2, 0) is 19.1 Å². The summed E-state index contributed by atoms with van der Waals surface area (Å²) in [4.78, 5) is 1.93. The standard InChI is InChI=1S/C16H15F3N2/c17-16(18,19)13-6-3-7-14(9-13)21-10-12-5-2-1-4-11(12)8-15(21)20/h1-7,9,15H,8,10,20H2/p+1/t15-/m1/s1. The summed E-state index contributed by atoms with van der Waals surface area (Å²) in [6.45, 7) is 0.589. The molecule has 5 heteroatoms. The molecule has 0 fully saturated rings. The molecule has 2 aromatic carbocycles. The van der Waals surface area contributed by atoms with Gasteiger partial charge in [-0.1, -0.05) is 30.3 Å². The Morgan fingerprint density at radius 1 is 1.00 bits per heavy atom. The summed E-state index contributed by atoms with van der Waals surface area (Å²) in [5.41, 5.74) is 6.41. The monoisotopic (exact) mass is 293 g/mol.